The molecule has 1 rings (SSSR count). The lowest BCUT2D eigenvalue weighted by Gasteiger charge is -2.21. The molecule has 0 aromatic carbocycles. The molecule has 0 saturated heterocycles. The van der Waals surface area contributed by atoms with E-state index in [1.54, 1.807) is 6.92 Å². The molecule has 0 bridgehead atoms. The van der Waals surface area contributed by atoms with Crippen molar-refractivity contribution in [2.24, 2.45) is 11.8 Å². The van der Waals surface area contributed by atoms with Crippen LogP contribution in [0.1, 0.15) is 51.9 Å². The van der Waals surface area contributed by atoms with E-state index in [2.05, 4.69) is 10.6 Å². The normalized spacial score (nSPS) is 17.7. The number of rotatable bonds is 7. The van der Waals surface area contributed by atoms with Crippen LogP contribution in [-0.2, 0) is 4.79 Å². The Balaban J connectivity index is 2.00. The molecule has 0 spiro atoms. The van der Waals surface area contributed by atoms with Gasteiger partial charge in [-0.05, 0) is 31.6 Å². The highest BCUT2D eigenvalue weighted by atomic mass is 16.4. The first-order valence-corrected chi connectivity index (χ1v) is 7.34. The average molecular weight is 270 g/mol. The van der Waals surface area contributed by atoms with Crippen LogP contribution in [0.2, 0.25) is 0 Å². The molecule has 5 heteroatoms. The topological polar surface area (TPSA) is 78.4 Å². The molecular weight excluding hydrogens is 244 g/mol. The van der Waals surface area contributed by atoms with Crippen LogP contribution in [0.15, 0.2) is 0 Å². The van der Waals surface area contributed by atoms with Gasteiger partial charge in [0.25, 0.3) is 0 Å². The molecule has 110 valence electrons. The Hall–Kier alpha value is -1.26. The highest BCUT2D eigenvalue weighted by molar-refractivity contribution is 5.73. The summed E-state index contributed by atoms with van der Waals surface area (Å²) in [5, 5.41) is 14.4. The van der Waals surface area contributed by atoms with Crippen LogP contribution < -0.4 is 10.6 Å². The maximum Gasteiger partial charge on any atom is 0.314 e. The number of amides is 2. The average Bonchev–Trinajstić information content (AvgIpc) is 2.42. The third kappa shape index (κ3) is 7.03. The number of carbonyl (C=O) groups is 2. The Bertz CT molecular complexity index is 288. The van der Waals surface area contributed by atoms with Crippen LogP contribution in [0, 0.1) is 11.8 Å². The highest BCUT2D eigenvalue weighted by Gasteiger charge is 2.14. The molecule has 0 aliphatic heterocycles. The van der Waals surface area contributed by atoms with E-state index >= 15 is 0 Å². The zero-order valence-electron chi connectivity index (χ0n) is 11.8. The maximum absolute atomic E-state index is 11.5. The fourth-order valence-corrected chi connectivity index (χ4v) is 2.42. The number of urea groups is 1. The van der Waals surface area contributed by atoms with Crippen molar-refractivity contribution in [3.05, 3.63) is 0 Å². The first-order valence-electron chi connectivity index (χ1n) is 7.34. The van der Waals surface area contributed by atoms with Crippen molar-refractivity contribution >= 4 is 12.0 Å². The first kappa shape index (κ1) is 15.8. The lowest BCUT2D eigenvalue weighted by Crippen LogP contribution is -2.39. The molecule has 19 heavy (non-hydrogen) atoms. The largest absolute Gasteiger partial charge is 0.481 e. The summed E-state index contributed by atoms with van der Waals surface area (Å²) in [5.74, 6) is -0.486. The second-order valence-corrected chi connectivity index (χ2v) is 5.52. The van der Waals surface area contributed by atoms with Gasteiger partial charge in [0.05, 0.1) is 5.92 Å². The monoisotopic (exact) mass is 270 g/mol. The fourth-order valence-electron chi connectivity index (χ4n) is 2.42. The Morgan fingerprint density at radius 2 is 1.89 bits per heavy atom. The number of hydrogen-bond acceptors (Lipinski definition) is 2. The second-order valence-electron chi connectivity index (χ2n) is 5.52. The summed E-state index contributed by atoms with van der Waals surface area (Å²) in [4.78, 5) is 22.1. The zero-order chi connectivity index (χ0) is 14.1. The maximum atomic E-state index is 11.5. The number of carbonyl (C=O) groups excluding carboxylic acids is 1. The van der Waals surface area contributed by atoms with Crippen molar-refractivity contribution in [2.45, 2.75) is 51.9 Å². The van der Waals surface area contributed by atoms with Crippen molar-refractivity contribution in [1.82, 2.24) is 10.6 Å². The third-order valence-corrected chi connectivity index (χ3v) is 3.80. The lowest BCUT2D eigenvalue weighted by atomic mass is 9.89. The summed E-state index contributed by atoms with van der Waals surface area (Å²) in [7, 11) is 0. The summed E-state index contributed by atoms with van der Waals surface area (Å²) in [5.41, 5.74) is 0. The van der Waals surface area contributed by atoms with Gasteiger partial charge in [0, 0.05) is 13.1 Å². The van der Waals surface area contributed by atoms with Crippen LogP contribution in [0.25, 0.3) is 0 Å². The molecule has 3 N–H and O–H groups in total. The van der Waals surface area contributed by atoms with Gasteiger partial charge >= 0.3 is 12.0 Å². The summed E-state index contributed by atoms with van der Waals surface area (Å²) in [6, 6.07) is -0.131. The van der Waals surface area contributed by atoms with Crippen molar-refractivity contribution in [2.75, 3.05) is 13.1 Å². The standard InChI is InChI=1S/C14H26N2O3/c1-11(13(17)18)6-5-9-15-14(19)16-10-12-7-3-2-4-8-12/h11-12H,2-10H2,1H3,(H,17,18)(H2,15,16,19). The predicted octanol–water partition coefficient (Wildman–Crippen LogP) is 2.37. The Morgan fingerprint density at radius 3 is 2.53 bits per heavy atom. The summed E-state index contributed by atoms with van der Waals surface area (Å²) in [6.45, 7) is 2.98. The van der Waals surface area contributed by atoms with Crippen molar-refractivity contribution in [3.8, 4) is 0 Å². The van der Waals surface area contributed by atoms with Gasteiger partial charge in [-0.3, -0.25) is 4.79 Å². The highest BCUT2D eigenvalue weighted by Crippen LogP contribution is 2.22. The molecule has 1 aliphatic rings. The number of carboxylic acid groups (broad SMARTS) is 1. The van der Waals surface area contributed by atoms with Crippen LogP contribution in [-0.4, -0.2) is 30.2 Å². The van der Waals surface area contributed by atoms with Crippen molar-refractivity contribution < 1.29 is 14.7 Å². The van der Waals surface area contributed by atoms with Gasteiger partial charge in [-0.25, -0.2) is 4.79 Å². The fraction of sp³-hybridized carbons (Fsp3) is 0.857. The van der Waals surface area contributed by atoms with E-state index in [4.69, 9.17) is 5.11 Å². The minimum Gasteiger partial charge on any atom is -0.481 e. The summed E-state index contributed by atoms with van der Waals surface area (Å²) >= 11 is 0. The van der Waals surface area contributed by atoms with Gasteiger partial charge in [-0.1, -0.05) is 26.2 Å². The molecule has 5 nitrogen and oxygen atoms in total. The van der Waals surface area contributed by atoms with Gasteiger partial charge in [0.2, 0.25) is 0 Å². The molecule has 2 amide bonds. The van der Waals surface area contributed by atoms with E-state index in [0.717, 1.165) is 6.54 Å². The van der Waals surface area contributed by atoms with Crippen LogP contribution in [0.3, 0.4) is 0 Å². The molecule has 1 atom stereocenters. The summed E-state index contributed by atoms with van der Waals surface area (Å²) < 4.78 is 0. The SMILES string of the molecule is CC(CCCNC(=O)NCC1CCCCC1)C(=O)O. The van der Waals surface area contributed by atoms with Crippen molar-refractivity contribution in [1.29, 1.82) is 0 Å². The smallest absolute Gasteiger partial charge is 0.314 e. The first-order chi connectivity index (χ1) is 9.09. The predicted molar refractivity (Wildman–Crippen MR) is 74.0 cm³/mol. The minimum absolute atomic E-state index is 0.131. The molecule has 1 aliphatic carbocycles. The number of hydrogen-bond donors (Lipinski definition) is 3. The lowest BCUT2D eigenvalue weighted by molar-refractivity contribution is -0.141. The van der Waals surface area contributed by atoms with Gasteiger partial charge in [0.1, 0.15) is 0 Å². The van der Waals surface area contributed by atoms with Crippen LogP contribution in [0.4, 0.5) is 4.79 Å². The van der Waals surface area contributed by atoms with Crippen LogP contribution in [0.5, 0.6) is 0 Å². The molecule has 1 fully saturated rings. The van der Waals surface area contributed by atoms with Gasteiger partial charge in [-0.15, -0.1) is 0 Å². The molecule has 0 heterocycles. The van der Waals surface area contributed by atoms with Crippen LogP contribution >= 0.6 is 0 Å². The number of nitrogens with one attached hydrogen (secondary N) is 2. The Morgan fingerprint density at radius 1 is 1.21 bits per heavy atom. The zero-order valence-corrected chi connectivity index (χ0v) is 11.8. The van der Waals surface area contributed by atoms with Gasteiger partial charge in [-0.2, -0.15) is 0 Å². The molecule has 1 unspecified atom stereocenters. The van der Waals surface area contributed by atoms with E-state index in [1.807, 2.05) is 0 Å². The number of aliphatic carboxylic acids is 1. The van der Waals surface area contributed by atoms with Crippen molar-refractivity contribution in [3.63, 3.8) is 0 Å². The number of carboxylic acids is 1. The van der Waals surface area contributed by atoms with E-state index in [0.29, 0.717) is 25.3 Å². The molecule has 1 saturated carbocycles. The van der Waals surface area contributed by atoms with E-state index in [-0.39, 0.29) is 11.9 Å². The van der Waals surface area contributed by atoms with E-state index in [9.17, 15) is 9.59 Å². The van der Waals surface area contributed by atoms with Gasteiger partial charge < -0.3 is 15.7 Å². The Kier molecular flexibility index (Phi) is 7.30. The molecule has 0 aromatic heterocycles. The Labute approximate surface area is 115 Å². The van der Waals surface area contributed by atoms with Gasteiger partial charge in [0.15, 0.2) is 0 Å². The quantitative estimate of drug-likeness (QED) is 0.621. The minimum atomic E-state index is -0.776. The molecule has 0 radical (unpaired) electrons. The van der Waals surface area contributed by atoms with E-state index in [1.165, 1.54) is 32.1 Å². The third-order valence-electron chi connectivity index (χ3n) is 3.80. The molecular formula is C14H26N2O3. The second kappa shape index (κ2) is 8.77. The summed E-state index contributed by atoms with van der Waals surface area (Å²) in [6.07, 6.45) is 7.61. The van der Waals surface area contributed by atoms with E-state index < -0.39 is 5.97 Å². The molecule has 0 aromatic rings.